The van der Waals surface area contributed by atoms with Crippen LogP contribution in [0.25, 0.3) is 0 Å². The highest BCUT2D eigenvalue weighted by atomic mass is 15.3. The van der Waals surface area contributed by atoms with Crippen LogP contribution in [0.5, 0.6) is 0 Å². The first-order valence-electron chi connectivity index (χ1n) is 11.9. The number of hydrogen-bond donors (Lipinski definition) is 0. The van der Waals surface area contributed by atoms with Gasteiger partial charge in [0.1, 0.15) is 6.54 Å². The lowest BCUT2D eigenvalue weighted by atomic mass is 10.0. The van der Waals surface area contributed by atoms with Gasteiger partial charge in [0.15, 0.2) is 0 Å². The summed E-state index contributed by atoms with van der Waals surface area (Å²) < 4.78 is 0.998. The van der Waals surface area contributed by atoms with Crippen molar-refractivity contribution in [3.8, 4) is 0 Å². The summed E-state index contributed by atoms with van der Waals surface area (Å²) in [4.78, 5) is 0. The Hall–Kier alpha value is -0.820. The van der Waals surface area contributed by atoms with Gasteiger partial charge in [-0.05, 0) is 18.4 Å². The van der Waals surface area contributed by atoms with Crippen LogP contribution in [0.4, 0.5) is 0 Å². The lowest BCUT2D eigenvalue weighted by molar-refractivity contribution is -0.884. The molecule has 0 radical (unpaired) electrons. The molecule has 0 bridgehead atoms. The summed E-state index contributed by atoms with van der Waals surface area (Å²) in [5.41, 5.74) is 2.96. The molecule has 1 nitrogen and oxygen atoms in total. The van der Waals surface area contributed by atoms with Crippen LogP contribution in [0.3, 0.4) is 0 Å². The van der Waals surface area contributed by atoms with E-state index >= 15 is 0 Å². The third-order valence-electron chi connectivity index (χ3n) is 5.50. The highest BCUT2D eigenvalue weighted by Gasteiger charge is 2.07. The molecule has 1 aromatic carbocycles. The van der Waals surface area contributed by atoms with Gasteiger partial charge in [-0.15, -0.1) is 0 Å². The quantitative estimate of drug-likeness (QED) is 0.192. The monoisotopic (exact) mass is 374 g/mol. The third kappa shape index (κ3) is 14.9. The number of hydrogen-bond acceptors (Lipinski definition) is 0. The zero-order chi connectivity index (χ0) is 19.8. The zero-order valence-corrected chi connectivity index (χ0v) is 19.1. The maximum Gasteiger partial charge on any atom is 0.104 e. The van der Waals surface area contributed by atoms with Crippen LogP contribution in [-0.2, 0) is 13.0 Å². The van der Waals surface area contributed by atoms with E-state index in [1.807, 2.05) is 0 Å². The molecule has 0 aromatic heterocycles. The van der Waals surface area contributed by atoms with Crippen molar-refractivity contribution < 1.29 is 4.48 Å². The molecular formula is C26H48N+. The van der Waals surface area contributed by atoms with Crippen molar-refractivity contribution in [3.63, 3.8) is 0 Å². The SMILES string of the molecule is CCCCCCCCCCCCCCCCc1ccc(C[N+](C)(C)C)cc1. The number of rotatable bonds is 17. The van der Waals surface area contributed by atoms with Crippen molar-refractivity contribution in [3.05, 3.63) is 35.4 Å². The van der Waals surface area contributed by atoms with Crippen LogP contribution in [0, 0.1) is 0 Å². The molecule has 0 aliphatic rings. The predicted molar refractivity (Wildman–Crippen MR) is 122 cm³/mol. The molecule has 0 aliphatic heterocycles. The van der Waals surface area contributed by atoms with Gasteiger partial charge < -0.3 is 4.48 Å². The lowest BCUT2D eigenvalue weighted by Crippen LogP contribution is -2.33. The summed E-state index contributed by atoms with van der Waals surface area (Å²) in [6, 6.07) is 9.33. The first-order chi connectivity index (χ1) is 13.0. The number of nitrogens with zero attached hydrogens (tertiary/aromatic N) is 1. The van der Waals surface area contributed by atoms with E-state index < -0.39 is 0 Å². The molecule has 0 N–H and O–H groups in total. The summed E-state index contributed by atoms with van der Waals surface area (Å²) in [5.74, 6) is 0. The molecule has 0 saturated heterocycles. The molecule has 0 aliphatic carbocycles. The normalized spacial score (nSPS) is 11.9. The Bertz CT molecular complexity index is 440. The Balaban J connectivity index is 1.90. The second kappa shape index (κ2) is 15.1. The fourth-order valence-corrected chi connectivity index (χ4v) is 3.88. The van der Waals surface area contributed by atoms with Crippen molar-refractivity contribution in [1.29, 1.82) is 0 Å². The molecule has 0 atom stereocenters. The molecule has 156 valence electrons. The van der Waals surface area contributed by atoms with Crippen molar-refractivity contribution in [2.45, 2.75) is 110 Å². The van der Waals surface area contributed by atoms with E-state index in [4.69, 9.17) is 0 Å². The lowest BCUT2D eigenvalue weighted by Gasteiger charge is -2.23. The van der Waals surface area contributed by atoms with E-state index in [2.05, 4.69) is 52.3 Å². The van der Waals surface area contributed by atoms with Gasteiger partial charge in [0.05, 0.1) is 21.1 Å². The Morgan fingerprint density at radius 2 is 0.889 bits per heavy atom. The summed E-state index contributed by atoms with van der Waals surface area (Å²) in [5, 5.41) is 0. The van der Waals surface area contributed by atoms with Gasteiger partial charge in [-0.2, -0.15) is 0 Å². The van der Waals surface area contributed by atoms with Crippen molar-refractivity contribution in [2.75, 3.05) is 21.1 Å². The molecule has 0 amide bonds. The smallest absolute Gasteiger partial charge is 0.104 e. The first-order valence-corrected chi connectivity index (χ1v) is 11.9. The molecule has 0 unspecified atom stereocenters. The number of aryl methyl sites for hydroxylation is 1. The zero-order valence-electron chi connectivity index (χ0n) is 19.1. The average Bonchev–Trinajstić information content (AvgIpc) is 2.62. The van der Waals surface area contributed by atoms with Crippen LogP contribution in [0.2, 0.25) is 0 Å². The minimum Gasteiger partial charge on any atom is -0.327 e. The predicted octanol–water partition coefficient (Wildman–Crippen LogP) is 7.92. The van der Waals surface area contributed by atoms with Crippen molar-refractivity contribution in [2.24, 2.45) is 0 Å². The van der Waals surface area contributed by atoms with E-state index in [9.17, 15) is 0 Å². The van der Waals surface area contributed by atoms with Crippen LogP contribution in [0.1, 0.15) is 108 Å². The van der Waals surface area contributed by atoms with Gasteiger partial charge in [-0.3, -0.25) is 0 Å². The maximum absolute atomic E-state index is 2.34. The molecule has 0 heterocycles. The summed E-state index contributed by atoms with van der Waals surface area (Å²) in [6.07, 6.45) is 21.4. The Morgan fingerprint density at radius 1 is 0.519 bits per heavy atom. The Labute approximate surface area is 171 Å². The average molecular weight is 375 g/mol. The molecule has 0 fully saturated rings. The highest BCUT2D eigenvalue weighted by Crippen LogP contribution is 2.15. The molecule has 1 rings (SSSR count). The van der Waals surface area contributed by atoms with Gasteiger partial charge in [0.25, 0.3) is 0 Å². The molecule has 0 spiro atoms. The third-order valence-corrected chi connectivity index (χ3v) is 5.50. The molecule has 1 heteroatoms. The topological polar surface area (TPSA) is 0 Å². The van der Waals surface area contributed by atoms with E-state index in [1.54, 1.807) is 0 Å². The number of quaternary nitrogens is 1. The van der Waals surface area contributed by atoms with Crippen molar-refractivity contribution in [1.82, 2.24) is 0 Å². The summed E-state index contributed by atoms with van der Waals surface area (Å²) in [6.45, 7) is 3.41. The number of benzene rings is 1. The van der Waals surface area contributed by atoms with Gasteiger partial charge in [0.2, 0.25) is 0 Å². The van der Waals surface area contributed by atoms with E-state index in [-0.39, 0.29) is 0 Å². The summed E-state index contributed by atoms with van der Waals surface area (Å²) >= 11 is 0. The standard InChI is InChI=1S/C26H48N/c1-5-6-7-8-9-10-11-12-13-14-15-16-17-18-19-25-20-22-26(23-21-25)24-27(2,3)4/h20-23H,5-19,24H2,1-4H3/q+1. The summed E-state index contributed by atoms with van der Waals surface area (Å²) in [7, 11) is 6.76. The van der Waals surface area contributed by atoms with Crippen molar-refractivity contribution >= 4 is 0 Å². The van der Waals surface area contributed by atoms with Gasteiger partial charge >= 0.3 is 0 Å². The Kier molecular flexibility index (Phi) is 13.6. The number of unbranched alkanes of at least 4 members (excludes halogenated alkanes) is 13. The fraction of sp³-hybridized carbons (Fsp3) is 0.769. The van der Waals surface area contributed by atoms with Gasteiger partial charge in [-0.25, -0.2) is 0 Å². The minimum atomic E-state index is 0.998. The second-order valence-corrected chi connectivity index (χ2v) is 9.61. The van der Waals surface area contributed by atoms with Crippen LogP contribution >= 0.6 is 0 Å². The van der Waals surface area contributed by atoms with Gasteiger partial charge in [0, 0.05) is 5.56 Å². The van der Waals surface area contributed by atoms with Crippen LogP contribution in [0.15, 0.2) is 24.3 Å². The largest absolute Gasteiger partial charge is 0.327 e. The van der Waals surface area contributed by atoms with E-state index in [1.165, 1.54) is 107 Å². The van der Waals surface area contributed by atoms with Crippen LogP contribution < -0.4 is 0 Å². The molecule has 0 saturated carbocycles. The first kappa shape index (κ1) is 24.2. The Morgan fingerprint density at radius 3 is 1.30 bits per heavy atom. The minimum absolute atomic E-state index is 0.998. The van der Waals surface area contributed by atoms with E-state index in [0.29, 0.717) is 0 Å². The van der Waals surface area contributed by atoms with Gasteiger partial charge in [-0.1, -0.05) is 115 Å². The maximum atomic E-state index is 2.34. The second-order valence-electron chi connectivity index (χ2n) is 9.61. The molecule has 27 heavy (non-hydrogen) atoms. The van der Waals surface area contributed by atoms with E-state index in [0.717, 1.165) is 11.0 Å². The highest BCUT2D eigenvalue weighted by molar-refractivity contribution is 5.22. The van der Waals surface area contributed by atoms with Crippen LogP contribution in [-0.4, -0.2) is 25.6 Å². The fourth-order valence-electron chi connectivity index (χ4n) is 3.88. The molecular weight excluding hydrogens is 326 g/mol. The molecule has 1 aromatic rings.